The Bertz CT molecular complexity index is 922. The summed E-state index contributed by atoms with van der Waals surface area (Å²) in [7, 11) is -3.54. The zero-order valence-corrected chi connectivity index (χ0v) is 15.9. The Morgan fingerprint density at radius 1 is 1.11 bits per heavy atom. The van der Waals surface area contributed by atoms with Crippen molar-refractivity contribution in [2.45, 2.75) is 18.2 Å². The van der Waals surface area contributed by atoms with Crippen molar-refractivity contribution in [2.24, 2.45) is 0 Å². The van der Waals surface area contributed by atoms with Crippen LogP contribution in [0.15, 0.2) is 71.1 Å². The third-order valence-electron chi connectivity index (χ3n) is 4.27. The molecule has 0 unspecified atom stereocenters. The highest BCUT2D eigenvalue weighted by Gasteiger charge is 2.27. The highest BCUT2D eigenvalue weighted by Crippen LogP contribution is 2.22. The van der Waals surface area contributed by atoms with Crippen LogP contribution >= 0.6 is 0 Å². The van der Waals surface area contributed by atoms with Crippen LogP contribution in [-0.2, 0) is 14.8 Å². The first-order valence-electron chi connectivity index (χ1n) is 8.79. The topological polar surface area (TPSA) is 75.7 Å². The van der Waals surface area contributed by atoms with Gasteiger partial charge in [-0.3, -0.25) is 4.79 Å². The lowest BCUT2D eigenvalue weighted by molar-refractivity contribution is -0.113. The molecule has 3 rings (SSSR count). The van der Waals surface area contributed by atoms with E-state index >= 15 is 0 Å². The van der Waals surface area contributed by atoms with Gasteiger partial charge in [0.1, 0.15) is 5.75 Å². The third-order valence-corrected chi connectivity index (χ3v) is 6.15. The number of anilines is 1. The summed E-state index contributed by atoms with van der Waals surface area (Å²) in [6, 6.07) is 15.5. The van der Waals surface area contributed by atoms with Gasteiger partial charge in [0.15, 0.2) is 0 Å². The zero-order valence-electron chi connectivity index (χ0n) is 15.1. The Labute approximate surface area is 159 Å². The van der Waals surface area contributed by atoms with Crippen molar-refractivity contribution in [3.8, 4) is 5.75 Å². The lowest BCUT2D eigenvalue weighted by Gasteiger charge is -2.25. The maximum Gasteiger partial charge on any atom is 0.251 e. The van der Waals surface area contributed by atoms with Gasteiger partial charge in [-0.2, -0.15) is 4.31 Å². The molecular weight excluding hydrogens is 364 g/mol. The van der Waals surface area contributed by atoms with Crippen molar-refractivity contribution >= 4 is 21.6 Å². The summed E-state index contributed by atoms with van der Waals surface area (Å²) in [6.45, 7) is 2.95. The monoisotopic (exact) mass is 386 g/mol. The Balaban J connectivity index is 1.63. The molecule has 1 amide bonds. The quantitative estimate of drug-likeness (QED) is 0.828. The molecule has 0 aliphatic carbocycles. The number of rotatable bonds is 6. The number of hydrogen-bond donors (Lipinski definition) is 1. The summed E-state index contributed by atoms with van der Waals surface area (Å²) in [4.78, 5) is 12.7. The van der Waals surface area contributed by atoms with Crippen molar-refractivity contribution < 1.29 is 17.9 Å². The van der Waals surface area contributed by atoms with Crippen LogP contribution in [0.1, 0.15) is 13.3 Å². The molecule has 1 aliphatic heterocycles. The number of carbonyl (C=O) groups excluding carboxylic acids is 1. The molecule has 2 aromatic rings. The van der Waals surface area contributed by atoms with E-state index in [-0.39, 0.29) is 23.9 Å². The Morgan fingerprint density at radius 2 is 1.81 bits per heavy atom. The third kappa shape index (κ3) is 4.56. The highest BCUT2D eigenvalue weighted by atomic mass is 32.2. The Kier molecular flexibility index (Phi) is 5.93. The molecule has 0 spiro atoms. The van der Waals surface area contributed by atoms with Crippen molar-refractivity contribution in [1.29, 1.82) is 0 Å². The van der Waals surface area contributed by atoms with Crippen LogP contribution in [0.5, 0.6) is 5.75 Å². The minimum absolute atomic E-state index is 0.184. The van der Waals surface area contributed by atoms with Crippen LogP contribution in [0.4, 0.5) is 5.69 Å². The molecule has 6 nitrogen and oxygen atoms in total. The molecule has 7 heteroatoms. The van der Waals surface area contributed by atoms with E-state index in [1.807, 2.05) is 6.92 Å². The molecule has 1 heterocycles. The van der Waals surface area contributed by atoms with E-state index < -0.39 is 10.0 Å². The molecule has 0 atom stereocenters. The lowest BCUT2D eigenvalue weighted by Crippen LogP contribution is -2.36. The second kappa shape index (κ2) is 8.37. The van der Waals surface area contributed by atoms with Crippen LogP contribution in [-0.4, -0.2) is 38.3 Å². The van der Waals surface area contributed by atoms with E-state index in [0.29, 0.717) is 24.3 Å². The number of hydrogen-bond acceptors (Lipinski definition) is 4. The van der Waals surface area contributed by atoms with Gasteiger partial charge in [0.2, 0.25) is 10.0 Å². The van der Waals surface area contributed by atoms with Gasteiger partial charge in [0.25, 0.3) is 5.91 Å². The Hall–Kier alpha value is -2.64. The molecular formula is C20H22N2O4S. The number of ether oxygens (including phenoxy) is 1. The molecule has 2 aromatic carbocycles. The SMILES string of the molecule is CCOc1ccc(NC(=O)C2=CCN(S(=O)(=O)c3ccccc3)CC2)cc1. The van der Waals surface area contributed by atoms with Gasteiger partial charge in [0, 0.05) is 24.4 Å². The van der Waals surface area contributed by atoms with E-state index in [4.69, 9.17) is 4.74 Å². The minimum Gasteiger partial charge on any atom is -0.494 e. The van der Waals surface area contributed by atoms with E-state index in [1.165, 1.54) is 4.31 Å². The van der Waals surface area contributed by atoms with E-state index in [2.05, 4.69) is 5.32 Å². The number of nitrogens with zero attached hydrogens (tertiary/aromatic N) is 1. The summed E-state index contributed by atoms with van der Waals surface area (Å²) in [5.41, 5.74) is 1.26. The summed E-state index contributed by atoms with van der Waals surface area (Å²) in [5.74, 6) is 0.532. The number of carbonyl (C=O) groups is 1. The van der Waals surface area contributed by atoms with Crippen molar-refractivity contribution in [3.63, 3.8) is 0 Å². The highest BCUT2D eigenvalue weighted by molar-refractivity contribution is 7.89. The first kappa shape index (κ1) is 19.1. The van der Waals surface area contributed by atoms with Gasteiger partial charge in [-0.1, -0.05) is 24.3 Å². The van der Waals surface area contributed by atoms with E-state index in [1.54, 1.807) is 60.7 Å². The minimum atomic E-state index is -3.54. The fourth-order valence-corrected chi connectivity index (χ4v) is 4.23. The van der Waals surface area contributed by atoms with Gasteiger partial charge in [-0.05, 0) is 49.7 Å². The number of nitrogens with one attached hydrogen (secondary N) is 1. The van der Waals surface area contributed by atoms with Crippen molar-refractivity contribution in [1.82, 2.24) is 4.31 Å². The number of amides is 1. The second-order valence-corrected chi connectivity index (χ2v) is 8.00. The molecule has 142 valence electrons. The van der Waals surface area contributed by atoms with Gasteiger partial charge in [0.05, 0.1) is 11.5 Å². The Morgan fingerprint density at radius 3 is 2.41 bits per heavy atom. The number of sulfonamides is 1. The van der Waals surface area contributed by atoms with Crippen LogP contribution < -0.4 is 10.1 Å². The fourth-order valence-electron chi connectivity index (χ4n) is 2.83. The van der Waals surface area contributed by atoms with E-state index in [0.717, 1.165) is 5.75 Å². The van der Waals surface area contributed by atoms with Crippen molar-refractivity contribution in [2.75, 3.05) is 25.0 Å². The summed E-state index contributed by atoms with van der Waals surface area (Å²) in [5, 5.41) is 2.84. The van der Waals surface area contributed by atoms with Crippen molar-refractivity contribution in [3.05, 3.63) is 66.2 Å². The van der Waals surface area contributed by atoms with Gasteiger partial charge in [-0.25, -0.2) is 8.42 Å². The molecule has 1 N–H and O–H groups in total. The fraction of sp³-hybridized carbons (Fsp3) is 0.250. The average Bonchev–Trinajstić information content (AvgIpc) is 2.70. The maximum atomic E-state index is 12.6. The molecule has 0 aromatic heterocycles. The molecule has 0 bridgehead atoms. The van der Waals surface area contributed by atoms with Gasteiger partial charge in [-0.15, -0.1) is 0 Å². The van der Waals surface area contributed by atoms with Gasteiger partial charge < -0.3 is 10.1 Å². The normalized spacial score (nSPS) is 15.1. The lowest BCUT2D eigenvalue weighted by atomic mass is 10.1. The predicted molar refractivity (Wildman–Crippen MR) is 104 cm³/mol. The predicted octanol–water partition coefficient (Wildman–Crippen LogP) is 3.04. The molecule has 0 saturated heterocycles. The average molecular weight is 386 g/mol. The maximum absolute atomic E-state index is 12.6. The second-order valence-electron chi connectivity index (χ2n) is 6.07. The summed E-state index contributed by atoms with van der Waals surface area (Å²) in [6.07, 6.45) is 2.04. The first-order chi connectivity index (χ1) is 13.0. The van der Waals surface area contributed by atoms with Crippen LogP contribution in [0.25, 0.3) is 0 Å². The van der Waals surface area contributed by atoms with E-state index in [9.17, 15) is 13.2 Å². The summed E-state index contributed by atoms with van der Waals surface area (Å²) < 4.78 is 32.0. The zero-order chi connectivity index (χ0) is 19.3. The smallest absolute Gasteiger partial charge is 0.251 e. The molecule has 0 saturated carbocycles. The van der Waals surface area contributed by atoms with Crippen LogP contribution in [0.3, 0.4) is 0 Å². The number of benzene rings is 2. The molecule has 0 radical (unpaired) electrons. The first-order valence-corrected chi connectivity index (χ1v) is 10.2. The standard InChI is InChI=1S/C20H22N2O4S/c1-2-26-18-10-8-17(9-11-18)21-20(23)16-12-14-22(15-13-16)27(24,25)19-6-4-3-5-7-19/h3-12H,2,13-15H2,1H3,(H,21,23). The van der Waals surface area contributed by atoms with Crippen LogP contribution in [0.2, 0.25) is 0 Å². The molecule has 1 aliphatic rings. The van der Waals surface area contributed by atoms with Crippen LogP contribution in [0, 0.1) is 0 Å². The molecule has 0 fully saturated rings. The summed E-state index contributed by atoms with van der Waals surface area (Å²) >= 11 is 0. The molecule has 27 heavy (non-hydrogen) atoms. The van der Waals surface area contributed by atoms with Gasteiger partial charge >= 0.3 is 0 Å². The largest absolute Gasteiger partial charge is 0.494 e.